The summed E-state index contributed by atoms with van der Waals surface area (Å²) in [6, 6.07) is 4.13. The molecular formula is C12H16N2O5S. The molecule has 0 amide bonds. The van der Waals surface area contributed by atoms with Gasteiger partial charge in [-0.3, -0.25) is 10.1 Å². The fraction of sp³-hybridized carbons (Fsp3) is 0.500. The lowest BCUT2D eigenvalue weighted by Crippen LogP contribution is -2.48. The number of nitrogens with one attached hydrogen (secondary N) is 1. The summed E-state index contributed by atoms with van der Waals surface area (Å²) >= 11 is 0. The molecule has 0 radical (unpaired) electrons. The van der Waals surface area contributed by atoms with Crippen molar-refractivity contribution in [2.45, 2.75) is 29.7 Å². The average molecular weight is 300 g/mol. The smallest absolute Gasteiger partial charge is 0.310 e. The van der Waals surface area contributed by atoms with Crippen LogP contribution < -0.4 is 5.32 Å². The van der Waals surface area contributed by atoms with Crippen molar-refractivity contribution in [3.63, 3.8) is 0 Å². The Hall–Kier alpha value is -1.67. The molecule has 1 aliphatic carbocycles. The van der Waals surface area contributed by atoms with E-state index < -0.39 is 26.0 Å². The first-order valence-corrected chi connectivity index (χ1v) is 8.05. The van der Waals surface area contributed by atoms with Gasteiger partial charge in [0, 0.05) is 6.26 Å². The summed E-state index contributed by atoms with van der Waals surface area (Å²) in [7, 11) is -3.70. The van der Waals surface area contributed by atoms with Crippen molar-refractivity contribution in [1.29, 1.82) is 0 Å². The van der Waals surface area contributed by atoms with Crippen LogP contribution in [0.2, 0.25) is 0 Å². The van der Waals surface area contributed by atoms with Gasteiger partial charge in [-0.1, -0.05) is 6.07 Å². The van der Waals surface area contributed by atoms with Crippen molar-refractivity contribution < 1.29 is 18.4 Å². The molecule has 0 bridgehead atoms. The zero-order valence-electron chi connectivity index (χ0n) is 11.0. The molecule has 1 saturated carbocycles. The van der Waals surface area contributed by atoms with E-state index in [1.165, 1.54) is 18.2 Å². The number of nitrogens with zero attached hydrogens (tertiary/aromatic N) is 1. The van der Waals surface area contributed by atoms with Gasteiger partial charge in [0.1, 0.15) is 10.6 Å². The second-order valence-corrected chi connectivity index (χ2v) is 7.08. The van der Waals surface area contributed by atoms with Gasteiger partial charge in [0.15, 0.2) is 9.84 Å². The molecule has 0 heterocycles. The van der Waals surface area contributed by atoms with Crippen LogP contribution in [0.1, 0.15) is 19.3 Å². The van der Waals surface area contributed by atoms with E-state index in [0.717, 1.165) is 12.7 Å². The molecular weight excluding hydrogens is 284 g/mol. The Balaban J connectivity index is 2.51. The number of anilines is 1. The molecule has 0 atom stereocenters. The lowest BCUT2D eigenvalue weighted by atomic mass is 9.77. The maximum atomic E-state index is 11.6. The zero-order chi connectivity index (χ0) is 15.0. The fourth-order valence-corrected chi connectivity index (χ4v) is 3.18. The number of hydrogen-bond donors (Lipinski definition) is 2. The number of sulfone groups is 1. The molecule has 110 valence electrons. The topological polar surface area (TPSA) is 110 Å². The lowest BCUT2D eigenvalue weighted by molar-refractivity contribution is -0.387. The highest BCUT2D eigenvalue weighted by atomic mass is 32.2. The van der Waals surface area contributed by atoms with E-state index >= 15 is 0 Å². The summed E-state index contributed by atoms with van der Waals surface area (Å²) in [4.78, 5) is 10.2. The molecule has 20 heavy (non-hydrogen) atoms. The minimum Gasteiger partial charge on any atom is -0.394 e. The van der Waals surface area contributed by atoms with Gasteiger partial charge in [0.2, 0.25) is 0 Å². The van der Waals surface area contributed by atoms with Gasteiger partial charge >= 0.3 is 5.69 Å². The second kappa shape index (κ2) is 5.02. The minimum atomic E-state index is -3.70. The first kappa shape index (κ1) is 14.7. The molecule has 7 nitrogen and oxygen atoms in total. The second-order valence-electron chi connectivity index (χ2n) is 5.10. The van der Waals surface area contributed by atoms with Gasteiger partial charge in [-0.2, -0.15) is 0 Å². The monoisotopic (exact) mass is 300 g/mol. The van der Waals surface area contributed by atoms with Crippen molar-refractivity contribution >= 4 is 21.2 Å². The number of para-hydroxylation sites is 1. The normalized spacial score (nSPS) is 17.3. The van der Waals surface area contributed by atoms with Gasteiger partial charge in [0.05, 0.1) is 17.1 Å². The Morgan fingerprint density at radius 3 is 2.50 bits per heavy atom. The van der Waals surface area contributed by atoms with Crippen LogP contribution in [0.25, 0.3) is 0 Å². The largest absolute Gasteiger partial charge is 0.394 e. The molecule has 1 fully saturated rings. The van der Waals surface area contributed by atoms with Crippen molar-refractivity contribution in [3.05, 3.63) is 28.3 Å². The van der Waals surface area contributed by atoms with Crippen molar-refractivity contribution in [1.82, 2.24) is 0 Å². The predicted octanol–water partition coefficient (Wildman–Crippen LogP) is 1.33. The fourth-order valence-electron chi connectivity index (χ4n) is 2.32. The van der Waals surface area contributed by atoms with E-state index in [-0.39, 0.29) is 17.2 Å². The molecule has 8 heteroatoms. The maximum absolute atomic E-state index is 11.6. The lowest BCUT2D eigenvalue weighted by Gasteiger charge is -2.41. The number of nitro benzene ring substituents is 1. The summed E-state index contributed by atoms with van der Waals surface area (Å²) in [5.41, 5.74) is -0.914. The quantitative estimate of drug-likeness (QED) is 0.627. The van der Waals surface area contributed by atoms with Crippen LogP contribution in [-0.4, -0.2) is 36.8 Å². The molecule has 0 aromatic heterocycles. The van der Waals surface area contributed by atoms with Gasteiger partial charge in [-0.25, -0.2) is 8.42 Å². The Bertz CT molecular complexity index is 632. The van der Waals surface area contributed by atoms with E-state index in [0.29, 0.717) is 12.8 Å². The third kappa shape index (κ3) is 2.61. The first-order valence-electron chi connectivity index (χ1n) is 6.16. The Morgan fingerprint density at radius 1 is 1.45 bits per heavy atom. The predicted molar refractivity (Wildman–Crippen MR) is 73.5 cm³/mol. The summed E-state index contributed by atoms with van der Waals surface area (Å²) in [5, 5.41) is 23.6. The summed E-state index contributed by atoms with van der Waals surface area (Å²) in [6.07, 6.45) is 3.25. The highest BCUT2D eigenvalue weighted by Crippen LogP contribution is 2.39. The third-order valence-corrected chi connectivity index (χ3v) is 4.72. The number of rotatable bonds is 5. The average Bonchev–Trinajstić information content (AvgIpc) is 2.32. The van der Waals surface area contributed by atoms with Gasteiger partial charge in [-0.05, 0) is 31.4 Å². The van der Waals surface area contributed by atoms with Crippen LogP contribution in [0.4, 0.5) is 11.4 Å². The van der Waals surface area contributed by atoms with Crippen LogP contribution in [0, 0.1) is 10.1 Å². The first-order chi connectivity index (χ1) is 9.29. The number of aliphatic hydroxyl groups is 1. The Kier molecular flexibility index (Phi) is 3.70. The SMILES string of the molecule is CS(=O)(=O)c1cccc(NC2(CO)CCC2)c1[N+](=O)[O-]. The van der Waals surface area contributed by atoms with Gasteiger partial charge in [0.25, 0.3) is 0 Å². The van der Waals surface area contributed by atoms with E-state index in [4.69, 9.17) is 0 Å². The highest BCUT2D eigenvalue weighted by Gasteiger charge is 2.38. The molecule has 0 aliphatic heterocycles. The molecule has 1 aromatic rings. The van der Waals surface area contributed by atoms with Gasteiger partial charge in [-0.15, -0.1) is 0 Å². The molecule has 2 rings (SSSR count). The van der Waals surface area contributed by atoms with Gasteiger partial charge < -0.3 is 10.4 Å². The molecule has 1 aromatic carbocycles. The number of aliphatic hydroxyl groups excluding tert-OH is 1. The standard InChI is InChI=1S/C12H16N2O5S/c1-20(18,19)10-5-2-4-9(11(10)14(16)17)13-12(8-15)6-3-7-12/h2,4-5,13,15H,3,6-8H2,1H3. The van der Waals surface area contributed by atoms with Crippen molar-refractivity contribution in [2.24, 2.45) is 0 Å². The van der Waals surface area contributed by atoms with Crippen molar-refractivity contribution in [2.75, 3.05) is 18.2 Å². The van der Waals surface area contributed by atoms with E-state index in [1.807, 2.05) is 0 Å². The number of hydrogen-bond acceptors (Lipinski definition) is 6. The molecule has 1 aliphatic rings. The van der Waals surface area contributed by atoms with Crippen LogP contribution >= 0.6 is 0 Å². The van der Waals surface area contributed by atoms with Crippen molar-refractivity contribution in [3.8, 4) is 0 Å². The van der Waals surface area contributed by atoms with E-state index in [9.17, 15) is 23.6 Å². The maximum Gasteiger partial charge on any atom is 0.310 e. The zero-order valence-corrected chi connectivity index (χ0v) is 11.8. The van der Waals surface area contributed by atoms with Crippen LogP contribution in [0.5, 0.6) is 0 Å². The molecule has 0 spiro atoms. The van der Waals surface area contributed by atoms with Crippen LogP contribution in [0.15, 0.2) is 23.1 Å². The Labute approximate surface area is 116 Å². The Morgan fingerprint density at radius 2 is 2.10 bits per heavy atom. The van der Waals surface area contributed by atoms with Crippen LogP contribution in [-0.2, 0) is 9.84 Å². The van der Waals surface area contributed by atoms with Crippen LogP contribution in [0.3, 0.4) is 0 Å². The molecule has 0 saturated heterocycles. The summed E-state index contributed by atoms with van der Waals surface area (Å²) in [5.74, 6) is 0. The number of benzene rings is 1. The molecule has 2 N–H and O–H groups in total. The highest BCUT2D eigenvalue weighted by molar-refractivity contribution is 7.90. The van der Waals surface area contributed by atoms with E-state index in [1.54, 1.807) is 0 Å². The minimum absolute atomic E-state index is 0.131. The van der Waals surface area contributed by atoms with E-state index in [2.05, 4.69) is 5.32 Å². The number of nitro groups is 1. The third-order valence-electron chi connectivity index (χ3n) is 3.59. The molecule has 0 unspecified atom stereocenters. The summed E-state index contributed by atoms with van der Waals surface area (Å²) < 4.78 is 23.3. The summed E-state index contributed by atoms with van der Waals surface area (Å²) in [6.45, 7) is -0.146.